The van der Waals surface area contributed by atoms with Gasteiger partial charge < -0.3 is 14.9 Å². The molecule has 0 saturated heterocycles. The largest absolute Gasteiger partial charge is 0.508 e. The van der Waals surface area contributed by atoms with E-state index in [4.69, 9.17) is 9.84 Å². The summed E-state index contributed by atoms with van der Waals surface area (Å²) < 4.78 is 5.08. The average Bonchev–Trinajstić information content (AvgIpc) is 2.27. The normalized spacial score (nSPS) is 10.8. The Balaban J connectivity index is 3.04. The number of carboxylic acids is 1. The fraction of sp³-hybridized carbons (Fsp3) is 0.286. The van der Waals surface area contributed by atoms with Gasteiger partial charge in [0, 0.05) is 5.56 Å². The summed E-state index contributed by atoms with van der Waals surface area (Å²) >= 11 is 0. The number of anilines is 1. The zero-order chi connectivity index (χ0) is 15.5. The number of aromatic hydroxyl groups is 1. The van der Waals surface area contributed by atoms with Crippen molar-refractivity contribution < 1.29 is 24.5 Å². The molecule has 0 bridgehead atoms. The lowest BCUT2D eigenvalue weighted by Crippen LogP contribution is -2.27. The topological polar surface area (TPSA) is 95.9 Å². The van der Waals surface area contributed by atoms with E-state index < -0.39 is 17.7 Å². The number of amides is 1. The van der Waals surface area contributed by atoms with Crippen LogP contribution in [0.5, 0.6) is 5.75 Å². The molecule has 0 spiro atoms. The van der Waals surface area contributed by atoms with Crippen LogP contribution in [-0.4, -0.2) is 27.9 Å². The molecule has 1 rings (SSSR count). The zero-order valence-corrected chi connectivity index (χ0v) is 11.6. The molecule has 3 N–H and O–H groups in total. The molecule has 0 fully saturated rings. The predicted octanol–water partition coefficient (Wildman–Crippen LogP) is 2.84. The molecule has 0 unspecified atom stereocenters. The highest BCUT2D eigenvalue weighted by Gasteiger charge is 2.19. The molecular weight excluding hydrogens is 262 g/mol. The Labute approximate surface area is 116 Å². The van der Waals surface area contributed by atoms with Gasteiger partial charge in [0.05, 0.1) is 11.3 Å². The number of phenolic OH excluding ortho intramolecular Hbond substituents is 1. The van der Waals surface area contributed by atoms with E-state index in [0.29, 0.717) is 0 Å². The van der Waals surface area contributed by atoms with Crippen LogP contribution in [0.25, 0.3) is 5.57 Å². The molecule has 108 valence electrons. The smallest absolute Gasteiger partial charge is 0.412 e. The maximum atomic E-state index is 11.7. The maximum Gasteiger partial charge on any atom is 0.412 e. The Morgan fingerprint density at radius 3 is 2.40 bits per heavy atom. The lowest BCUT2D eigenvalue weighted by Gasteiger charge is -2.20. The minimum atomic E-state index is -1.25. The predicted molar refractivity (Wildman–Crippen MR) is 74.6 cm³/mol. The number of rotatable bonds is 3. The van der Waals surface area contributed by atoms with Crippen LogP contribution in [0.4, 0.5) is 10.5 Å². The molecule has 20 heavy (non-hydrogen) atoms. The van der Waals surface area contributed by atoms with Crippen LogP contribution < -0.4 is 5.32 Å². The third-order valence-electron chi connectivity index (χ3n) is 2.22. The Kier molecular flexibility index (Phi) is 4.39. The molecule has 0 radical (unpaired) electrons. The van der Waals surface area contributed by atoms with Crippen LogP contribution in [0.3, 0.4) is 0 Å². The lowest BCUT2D eigenvalue weighted by atomic mass is 10.0. The SMILES string of the molecule is C=C(C(=O)O)c1cc(O)ccc1NC(=O)OC(C)(C)C. The number of hydrogen-bond acceptors (Lipinski definition) is 4. The van der Waals surface area contributed by atoms with Gasteiger partial charge >= 0.3 is 12.1 Å². The molecule has 0 aliphatic carbocycles. The van der Waals surface area contributed by atoms with Crippen molar-refractivity contribution >= 4 is 23.3 Å². The molecule has 0 saturated carbocycles. The minimum Gasteiger partial charge on any atom is -0.508 e. The quantitative estimate of drug-likeness (QED) is 0.584. The lowest BCUT2D eigenvalue weighted by molar-refractivity contribution is -0.130. The molecule has 0 heterocycles. The summed E-state index contributed by atoms with van der Waals surface area (Å²) in [6.45, 7) is 8.53. The van der Waals surface area contributed by atoms with E-state index in [-0.39, 0.29) is 22.6 Å². The van der Waals surface area contributed by atoms with Gasteiger partial charge in [-0.05, 0) is 39.0 Å². The van der Waals surface area contributed by atoms with Crippen molar-refractivity contribution in [3.8, 4) is 5.75 Å². The second kappa shape index (κ2) is 5.64. The molecule has 1 amide bonds. The first-order valence-corrected chi connectivity index (χ1v) is 5.86. The standard InChI is InChI=1S/C14H17NO5/c1-8(12(17)18)10-7-9(16)5-6-11(10)15-13(19)20-14(2,3)4/h5-7,16H,1H2,2-4H3,(H,15,19)(H,17,18). The minimum absolute atomic E-state index is 0.114. The van der Waals surface area contributed by atoms with E-state index >= 15 is 0 Å². The molecular formula is C14H17NO5. The van der Waals surface area contributed by atoms with Crippen LogP contribution in [0.15, 0.2) is 24.8 Å². The van der Waals surface area contributed by atoms with E-state index in [0.717, 1.165) is 0 Å². The first kappa shape index (κ1) is 15.6. The summed E-state index contributed by atoms with van der Waals surface area (Å²) in [5.41, 5.74) is -0.606. The van der Waals surface area contributed by atoms with Gasteiger partial charge in [0.25, 0.3) is 0 Å². The van der Waals surface area contributed by atoms with Gasteiger partial charge in [0.1, 0.15) is 11.4 Å². The van der Waals surface area contributed by atoms with E-state index in [1.165, 1.54) is 18.2 Å². The van der Waals surface area contributed by atoms with Gasteiger partial charge in [-0.3, -0.25) is 5.32 Å². The Morgan fingerprint density at radius 1 is 1.30 bits per heavy atom. The van der Waals surface area contributed by atoms with Crippen molar-refractivity contribution in [3.63, 3.8) is 0 Å². The molecule has 0 aromatic heterocycles. The number of carboxylic acid groups (broad SMARTS) is 1. The molecule has 6 heteroatoms. The van der Waals surface area contributed by atoms with Crippen LogP contribution in [0.1, 0.15) is 26.3 Å². The number of hydrogen-bond donors (Lipinski definition) is 3. The van der Waals surface area contributed by atoms with Gasteiger partial charge in [-0.1, -0.05) is 6.58 Å². The number of carbonyl (C=O) groups excluding carboxylic acids is 1. The van der Waals surface area contributed by atoms with Crippen LogP contribution in [-0.2, 0) is 9.53 Å². The zero-order valence-electron chi connectivity index (χ0n) is 11.6. The highest BCUT2D eigenvalue weighted by Crippen LogP contribution is 2.27. The highest BCUT2D eigenvalue weighted by atomic mass is 16.6. The van der Waals surface area contributed by atoms with Crippen LogP contribution in [0, 0.1) is 0 Å². The molecule has 1 aromatic rings. The van der Waals surface area contributed by atoms with Crippen molar-refractivity contribution in [2.75, 3.05) is 5.32 Å². The third kappa shape index (κ3) is 4.31. The third-order valence-corrected chi connectivity index (χ3v) is 2.22. The maximum absolute atomic E-state index is 11.7. The fourth-order valence-corrected chi connectivity index (χ4v) is 1.42. The van der Waals surface area contributed by atoms with Crippen molar-refractivity contribution in [2.45, 2.75) is 26.4 Å². The van der Waals surface area contributed by atoms with Gasteiger partial charge in [-0.15, -0.1) is 0 Å². The number of benzene rings is 1. The van der Waals surface area contributed by atoms with Crippen molar-refractivity contribution in [2.24, 2.45) is 0 Å². The first-order valence-electron chi connectivity index (χ1n) is 5.86. The summed E-state index contributed by atoms with van der Waals surface area (Å²) in [4.78, 5) is 22.6. The molecule has 1 aromatic carbocycles. The van der Waals surface area contributed by atoms with Crippen LogP contribution in [0.2, 0.25) is 0 Å². The Bertz CT molecular complexity index is 557. The van der Waals surface area contributed by atoms with Crippen molar-refractivity contribution in [3.05, 3.63) is 30.3 Å². The second-order valence-electron chi connectivity index (χ2n) is 5.14. The number of carbonyl (C=O) groups is 2. The summed E-state index contributed by atoms with van der Waals surface area (Å²) in [5, 5.41) is 20.8. The summed E-state index contributed by atoms with van der Waals surface area (Å²) in [6.07, 6.45) is -0.720. The molecule has 0 aliphatic rings. The van der Waals surface area contributed by atoms with E-state index in [9.17, 15) is 14.7 Å². The second-order valence-corrected chi connectivity index (χ2v) is 5.14. The van der Waals surface area contributed by atoms with Crippen molar-refractivity contribution in [1.82, 2.24) is 0 Å². The van der Waals surface area contributed by atoms with Crippen LogP contribution >= 0.6 is 0 Å². The van der Waals surface area contributed by atoms with E-state index in [1.54, 1.807) is 20.8 Å². The summed E-state index contributed by atoms with van der Waals surface area (Å²) in [7, 11) is 0. The van der Waals surface area contributed by atoms with Gasteiger partial charge in [-0.25, -0.2) is 9.59 Å². The van der Waals surface area contributed by atoms with Gasteiger partial charge in [0.15, 0.2) is 0 Å². The van der Waals surface area contributed by atoms with E-state index in [2.05, 4.69) is 11.9 Å². The number of aliphatic carboxylic acids is 1. The first-order chi connectivity index (χ1) is 9.10. The average molecular weight is 279 g/mol. The van der Waals surface area contributed by atoms with Gasteiger partial charge in [-0.2, -0.15) is 0 Å². The molecule has 0 atom stereocenters. The Morgan fingerprint density at radius 2 is 1.90 bits per heavy atom. The number of phenols is 1. The fourth-order valence-electron chi connectivity index (χ4n) is 1.42. The number of ether oxygens (including phenoxy) is 1. The van der Waals surface area contributed by atoms with Gasteiger partial charge in [0.2, 0.25) is 0 Å². The monoisotopic (exact) mass is 279 g/mol. The molecule has 0 aliphatic heterocycles. The van der Waals surface area contributed by atoms with E-state index in [1.807, 2.05) is 0 Å². The summed E-state index contributed by atoms with van der Waals surface area (Å²) in [6, 6.07) is 3.91. The summed E-state index contributed by atoms with van der Waals surface area (Å²) in [5.74, 6) is -1.38. The Hall–Kier alpha value is -2.50. The molecule has 6 nitrogen and oxygen atoms in total. The van der Waals surface area contributed by atoms with Crippen molar-refractivity contribution in [1.29, 1.82) is 0 Å². The number of nitrogens with one attached hydrogen (secondary N) is 1. The highest BCUT2D eigenvalue weighted by molar-refractivity contribution is 6.16.